The van der Waals surface area contributed by atoms with Crippen molar-refractivity contribution in [3.8, 4) is 28.8 Å². The summed E-state index contributed by atoms with van der Waals surface area (Å²) >= 11 is 0. The topological polar surface area (TPSA) is 62.5 Å². The van der Waals surface area contributed by atoms with Gasteiger partial charge in [0.1, 0.15) is 6.07 Å². The molecule has 58 heavy (non-hydrogen) atoms. The smallest absolute Gasteiger partial charge is 0.208 e. The van der Waals surface area contributed by atoms with Crippen LogP contribution in [0.1, 0.15) is 5.82 Å². The van der Waals surface area contributed by atoms with E-state index in [4.69, 9.17) is 15.0 Å². The number of rotatable bonds is 10. The summed E-state index contributed by atoms with van der Waals surface area (Å²) in [4.78, 5) is 14.6. The Bertz CT molecular complexity index is 2450. The van der Waals surface area contributed by atoms with Gasteiger partial charge < -0.3 is 0 Å². The summed E-state index contributed by atoms with van der Waals surface area (Å²) in [7, 11) is -5.64. The molecule has 6 heteroatoms. The number of nitrogens with zero attached hydrogens (tertiary/aromatic N) is 4. The van der Waals surface area contributed by atoms with Gasteiger partial charge in [-0.25, -0.2) is 4.98 Å². The second kappa shape index (κ2) is 16.0. The van der Waals surface area contributed by atoms with E-state index in [9.17, 15) is 5.26 Å². The molecule has 9 rings (SSSR count). The summed E-state index contributed by atoms with van der Waals surface area (Å²) < 4.78 is 0. The number of hydrogen-bond acceptors (Lipinski definition) is 4. The van der Waals surface area contributed by atoms with Crippen LogP contribution >= 0.6 is 0 Å². The van der Waals surface area contributed by atoms with Crippen molar-refractivity contribution in [3.05, 3.63) is 236 Å². The predicted octanol–water partition coefficient (Wildman–Crippen LogP) is 5.83. The first-order valence-corrected chi connectivity index (χ1v) is 23.4. The zero-order chi connectivity index (χ0) is 39.2. The molecule has 0 atom stereocenters. The van der Waals surface area contributed by atoms with E-state index in [0.29, 0.717) is 11.6 Å². The van der Waals surface area contributed by atoms with Crippen LogP contribution in [0.3, 0.4) is 0 Å². The molecule has 0 bridgehead atoms. The lowest BCUT2D eigenvalue weighted by Gasteiger charge is -2.34. The number of benzene rings is 8. The van der Waals surface area contributed by atoms with Gasteiger partial charge >= 0.3 is 0 Å². The Morgan fingerprint density at radius 2 is 0.552 bits per heavy atom. The van der Waals surface area contributed by atoms with E-state index in [1.165, 1.54) is 41.5 Å². The Morgan fingerprint density at radius 3 is 0.810 bits per heavy atom. The lowest BCUT2D eigenvalue weighted by atomic mass is 10.2. The minimum Gasteiger partial charge on any atom is -0.208 e. The lowest BCUT2D eigenvalue weighted by Crippen LogP contribution is -2.74. The molecule has 274 valence electrons. The third-order valence-corrected chi connectivity index (χ3v) is 20.6. The van der Waals surface area contributed by atoms with Gasteiger partial charge in [0, 0.05) is 11.1 Å². The third kappa shape index (κ3) is 6.48. The van der Waals surface area contributed by atoms with Gasteiger partial charge in [-0.05, 0) is 41.5 Å². The first-order chi connectivity index (χ1) is 28.7. The molecule has 1 heterocycles. The molecule has 9 aromatic rings. The van der Waals surface area contributed by atoms with E-state index in [-0.39, 0.29) is 5.82 Å². The van der Waals surface area contributed by atoms with Crippen molar-refractivity contribution in [2.45, 2.75) is 0 Å². The average Bonchev–Trinajstić information content (AvgIpc) is 3.32. The van der Waals surface area contributed by atoms with Gasteiger partial charge in [0.15, 0.2) is 27.8 Å². The fourth-order valence-electron chi connectivity index (χ4n) is 8.60. The van der Waals surface area contributed by atoms with E-state index in [1.807, 2.05) is 12.1 Å². The maximum absolute atomic E-state index is 10.4. The van der Waals surface area contributed by atoms with E-state index in [1.54, 1.807) is 0 Å². The summed E-state index contributed by atoms with van der Waals surface area (Å²) in [6, 6.07) is 84.5. The van der Waals surface area contributed by atoms with Crippen LogP contribution < -0.4 is 41.5 Å². The molecule has 0 saturated carbocycles. The average molecular weight is 775 g/mol. The quantitative estimate of drug-likeness (QED) is 0.130. The van der Waals surface area contributed by atoms with Gasteiger partial charge in [-0.15, -0.1) is 0 Å². The Hall–Kier alpha value is -7.31. The molecule has 1 aromatic heterocycles. The fraction of sp³-hybridized carbons (Fsp3) is 0. The molecule has 0 spiro atoms. The highest BCUT2D eigenvalue weighted by molar-refractivity contribution is 7.20. The molecular weight excluding hydrogens is 737 g/mol. The summed E-state index contributed by atoms with van der Waals surface area (Å²) in [6.07, 6.45) is 0. The van der Waals surface area contributed by atoms with Crippen LogP contribution in [0, 0.1) is 11.3 Å². The van der Waals surface area contributed by atoms with E-state index < -0.39 is 16.1 Å². The van der Waals surface area contributed by atoms with Crippen LogP contribution in [0.25, 0.3) is 22.8 Å². The van der Waals surface area contributed by atoms with Crippen molar-refractivity contribution in [1.29, 1.82) is 5.26 Å². The largest absolute Gasteiger partial charge is 0.236 e. The minimum atomic E-state index is -2.82. The van der Waals surface area contributed by atoms with Crippen molar-refractivity contribution in [2.24, 2.45) is 0 Å². The standard InChI is InChI=1S/C52H38N4Si2/c53-39-50-54-51(40-21-19-35-48(37-40)57(42-23-7-1-8-24-42,43-25-9-2-10-26-43)44-27-11-3-12-28-44)56-52(55-50)41-22-20-36-49(38-41)58(45-29-13-4-14-30-45,46-31-15-5-16-32-46)47-33-17-6-18-34-47/h1-38H. The Labute approximate surface area is 341 Å². The molecule has 0 amide bonds. The summed E-state index contributed by atoms with van der Waals surface area (Å²) in [5, 5.41) is 20.4. The van der Waals surface area contributed by atoms with Crippen LogP contribution in [0.4, 0.5) is 0 Å². The van der Waals surface area contributed by atoms with E-state index >= 15 is 0 Å². The van der Waals surface area contributed by atoms with Crippen LogP contribution in [-0.2, 0) is 0 Å². The SMILES string of the molecule is N#Cc1nc(-c2cccc([Si](c3ccccc3)(c3ccccc3)c3ccccc3)c2)nc(-c2cccc([Si](c3ccccc3)(c3ccccc3)c3ccccc3)c2)n1. The van der Waals surface area contributed by atoms with Gasteiger partial charge in [-0.2, -0.15) is 15.2 Å². The van der Waals surface area contributed by atoms with Gasteiger partial charge in [0.25, 0.3) is 0 Å². The highest BCUT2D eigenvalue weighted by atomic mass is 28.3. The molecule has 0 N–H and O–H groups in total. The van der Waals surface area contributed by atoms with E-state index in [2.05, 4.69) is 224 Å². The maximum atomic E-state index is 10.4. The second-order valence-electron chi connectivity index (χ2n) is 14.3. The maximum Gasteiger partial charge on any atom is 0.236 e. The number of nitriles is 1. The molecule has 0 saturated heterocycles. The van der Waals surface area contributed by atoms with Crippen molar-refractivity contribution in [2.75, 3.05) is 0 Å². The number of hydrogen-bond donors (Lipinski definition) is 0. The minimum absolute atomic E-state index is 0.0752. The summed E-state index contributed by atoms with van der Waals surface area (Å²) in [6.45, 7) is 0. The monoisotopic (exact) mass is 774 g/mol. The van der Waals surface area contributed by atoms with Gasteiger partial charge in [-0.3, -0.25) is 0 Å². The summed E-state index contributed by atoms with van der Waals surface area (Å²) in [5.41, 5.74) is 1.66. The normalized spacial score (nSPS) is 11.4. The predicted molar refractivity (Wildman–Crippen MR) is 243 cm³/mol. The third-order valence-electron chi connectivity index (χ3n) is 11.1. The van der Waals surface area contributed by atoms with Gasteiger partial charge in [0.05, 0.1) is 0 Å². The Kier molecular flexibility index (Phi) is 10.1. The highest BCUT2D eigenvalue weighted by Gasteiger charge is 2.43. The first-order valence-electron chi connectivity index (χ1n) is 19.4. The first kappa shape index (κ1) is 36.3. The summed E-state index contributed by atoms with van der Waals surface area (Å²) in [5.74, 6) is 0.998. The fourth-order valence-corrected chi connectivity index (χ4v) is 18.2. The molecule has 0 aliphatic heterocycles. The molecule has 0 radical (unpaired) electrons. The van der Waals surface area contributed by atoms with Crippen molar-refractivity contribution in [1.82, 2.24) is 15.0 Å². The van der Waals surface area contributed by atoms with E-state index in [0.717, 1.165) is 11.1 Å². The highest BCUT2D eigenvalue weighted by Crippen LogP contribution is 2.22. The van der Waals surface area contributed by atoms with Crippen LogP contribution in [0.15, 0.2) is 231 Å². The molecule has 8 aromatic carbocycles. The van der Waals surface area contributed by atoms with Crippen molar-refractivity contribution < 1.29 is 0 Å². The second-order valence-corrected chi connectivity index (χ2v) is 21.9. The van der Waals surface area contributed by atoms with Crippen LogP contribution in [-0.4, -0.2) is 31.1 Å². The van der Waals surface area contributed by atoms with Crippen LogP contribution in [0.2, 0.25) is 0 Å². The molecule has 0 unspecified atom stereocenters. The zero-order valence-corrected chi connectivity index (χ0v) is 33.7. The Morgan fingerprint density at radius 1 is 0.293 bits per heavy atom. The zero-order valence-electron chi connectivity index (χ0n) is 31.7. The molecular formula is C52H38N4Si2. The van der Waals surface area contributed by atoms with Crippen molar-refractivity contribution in [3.63, 3.8) is 0 Å². The molecule has 4 nitrogen and oxygen atoms in total. The van der Waals surface area contributed by atoms with Crippen molar-refractivity contribution >= 4 is 57.6 Å². The van der Waals surface area contributed by atoms with Gasteiger partial charge in [-0.1, -0.05) is 231 Å². The van der Waals surface area contributed by atoms with Gasteiger partial charge in [0.2, 0.25) is 5.82 Å². The Balaban J connectivity index is 1.23. The molecule has 0 aliphatic rings. The molecule has 0 aliphatic carbocycles. The number of aromatic nitrogens is 3. The lowest BCUT2D eigenvalue weighted by molar-refractivity contribution is 1.03. The van der Waals surface area contributed by atoms with Crippen LogP contribution in [0.5, 0.6) is 0 Å². The molecule has 0 fully saturated rings.